The van der Waals surface area contributed by atoms with Gasteiger partial charge in [-0.15, -0.1) is 6.58 Å². The Balaban J connectivity index is 2.24. The first-order valence-corrected chi connectivity index (χ1v) is 5.95. The van der Waals surface area contributed by atoms with Crippen LogP contribution in [0.3, 0.4) is 0 Å². The van der Waals surface area contributed by atoms with Crippen LogP contribution < -0.4 is 0 Å². The van der Waals surface area contributed by atoms with Crippen LogP contribution in [0.15, 0.2) is 34.1 Å². The average molecular weight is 280 g/mol. The van der Waals surface area contributed by atoms with E-state index >= 15 is 0 Å². The summed E-state index contributed by atoms with van der Waals surface area (Å²) >= 11 is 0.755. The Labute approximate surface area is 111 Å². The van der Waals surface area contributed by atoms with Crippen molar-refractivity contribution in [1.82, 2.24) is 4.90 Å². The van der Waals surface area contributed by atoms with Crippen molar-refractivity contribution in [2.24, 2.45) is 0 Å². The van der Waals surface area contributed by atoms with Gasteiger partial charge >= 0.3 is 5.88 Å². The lowest BCUT2D eigenvalue weighted by molar-refractivity contribution is -0.402. The summed E-state index contributed by atoms with van der Waals surface area (Å²) in [6.45, 7) is 3.58. The van der Waals surface area contributed by atoms with Crippen LogP contribution in [0.2, 0.25) is 0 Å². The van der Waals surface area contributed by atoms with E-state index in [1.54, 1.807) is 0 Å². The van der Waals surface area contributed by atoms with Crippen molar-refractivity contribution < 1.29 is 18.9 Å². The van der Waals surface area contributed by atoms with Gasteiger partial charge in [-0.1, -0.05) is 6.08 Å². The SMILES string of the molecule is C=CCN1C(=O)S/C(=C\c2ccc([N+](=O)[O-])o2)C1=O. The Morgan fingerprint density at radius 2 is 2.21 bits per heavy atom. The minimum atomic E-state index is -0.680. The number of nitro groups is 1. The molecule has 19 heavy (non-hydrogen) atoms. The molecule has 1 aromatic heterocycles. The number of hydrogen-bond acceptors (Lipinski definition) is 6. The largest absolute Gasteiger partial charge is 0.433 e. The van der Waals surface area contributed by atoms with Crippen molar-refractivity contribution in [3.8, 4) is 0 Å². The van der Waals surface area contributed by atoms with Gasteiger partial charge in [-0.3, -0.25) is 24.6 Å². The summed E-state index contributed by atoms with van der Waals surface area (Å²) in [5.41, 5.74) is 0. The minimum absolute atomic E-state index is 0.125. The molecular formula is C11H8N2O5S. The van der Waals surface area contributed by atoms with Crippen LogP contribution >= 0.6 is 11.8 Å². The fourth-order valence-electron chi connectivity index (χ4n) is 1.43. The summed E-state index contributed by atoms with van der Waals surface area (Å²) in [6, 6.07) is 2.54. The molecule has 1 saturated heterocycles. The lowest BCUT2D eigenvalue weighted by atomic mass is 10.3. The van der Waals surface area contributed by atoms with Gasteiger partial charge in [0.25, 0.3) is 11.1 Å². The minimum Gasteiger partial charge on any atom is -0.401 e. The van der Waals surface area contributed by atoms with Gasteiger partial charge in [0.2, 0.25) is 0 Å². The molecule has 1 fully saturated rings. The quantitative estimate of drug-likeness (QED) is 0.364. The Kier molecular flexibility index (Phi) is 3.52. The highest BCUT2D eigenvalue weighted by atomic mass is 32.2. The first-order valence-electron chi connectivity index (χ1n) is 5.13. The number of furan rings is 1. The van der Waals surface area contributed by atoms with Crippen molar-refractivity contribution in [2.75, 3.05) is 6.54 Å². The second-order valence-corrected chi connectivity index (χ2v) is 4.51. The first-order chi connectivity index (χ1) is 9.02. The highest BCUT2D eigenvalue weighted by Crippen LogP contribution is 2.32. The molecule has 1 aliphatic rings. The van der Waals surface area contributed by atoms with Crippen LogP contribution in [0.5, 0.6) is 0 Å². The maximum absolute atomic E-state index is 11.8. The van der Waals surface area contributed by atoms with Crippen LogP contribution in [0.25, 0.3) is 6.08 Å². The molecule has 7 nitrogen and oxygen atoms in total. The van der Waals surface area contributed by atoms with E-state index in [0.717, 1.165) is 16.7 Å². The van der Waals surface area contributed by atoms with E-state index in [1.165, 1.54) is 24.3 Å². The summed E-state index contributed by atoms with van der Waals surface area (Å²) in [4.78, 5) is 34.3. The predicted octanol–water partition coefficient (Wildman–Crippen LogP) is 2.41. The summed E-state index contributed by atoms with van der Waals surface area (Å²) in [5, 5.41) is 10.0. The number of thioether (sulfide) groups is 1. The molecular weight excluding hydrogens is 272 g/mol. The molecule has 2 rings (SSSR count). The molecule has 1 aliphatic heterocycles. The van der Waals surface area contributed by atoms with Crippen LogP contribution in [-0.4, -0.2) is 27.5 Å². The van der Waals surface area contributed by atoms with E-state index < -0.39 is 22.0 Å². The molecule has 0 aromatic carbocycles. The summed E-state index contributed by atoms with van der Waals surface area (Å²) in [6.07, 6.45) is 2.75. The number of carbonyl (C=O) groups is 2. The fourth-order valence-corrected chi connectivity index (χ4v) is 2.26. The third kappa shape index (κ3) is 2.58. The highest BCUT2D eigenvalue weighted by molar-refractivity contribution is 8.18. The van der Waals surface area contributed by atoms with Gasteiger partial charge in [-0.25, -0.2) is 0 Å². The van der Waals surface area contributed by atoms with Crippen LogP contribution in [0.1, 0.15) is 5.76 Å². The van der Waals surface area contributed by atoms with Crippen LogP contribution in [0.4, 0.5) is 10.7 Å². The molecule has 0 N–H and O–H groups in total. The molecule has 2 amide bonds. The van der Waals surface area contributed by atoms with E-state index in [0.29, 0.717) is 0 Å². The zero-order valence-corrected chi connectivity index (χ0v) is 10.4. The Morgan fingerprint density at radius 3 is 2.79 bits per heavy atom. The standard InChI is InChI=1S/C11H8N2O5S/c1-2-5-12-10(14)8(19-11(12)15)6-7-3-4-9(18-7)13(16)17/h2-4,6H,1,5H2/b8-6-. The van der Waals surface area contributed by atoms with E-state index in [2.05, 4.69) is 6.58 Å². The molecule has 0 atom stereocenters. The molecule has 8 heteroatoms. The second-order valence-electron chi connectivity index (χ2n) is 3.51. The average Bonchev–Trinajstić information content (AvgIpc) is 2.91. The maximum Gasteiger partial charge on any atom is 0.433 e. The molecule has 2 heterocycles. The van der Waals surface area contributed by atoms with Gasteiger partial charge < -0.3 is 4.42 Å². The monoisotopic (exact) mass is 280 g/mol. The van der Waals surface area contributed by atoms with Crippen molar-refractivity contribution in [3.63, 3.8) is 0 Å². The van der Waals surface area contributed by atoms with Crippen LogP contribution in [0, 0.1) is 10.1 Å². The number of hydrogen-bond donors (Lipinski definition) is 0. The van der Waals surface area contributed by atoms with E-state index in [-0.39, 0.29) is 17.2 Å². The Bertz CT molecular complexity index is 604. The molecule has 0 spiro atoms. The second kappa shape index (κ2) is 5.11. The van der Waals surface area contributed by atoms with Gasteiger partial charge in [0.15, 0.2) is 0 Å². The van der Waals surface area contributed by atoms with Gasteiger partial charge in [-0.2, -0.15) is 0 Å². The molecule has 98 valence electrons. The van der Waals surface area contributed by atoms with Gasteiger partial charge in [-0.05, 0) is 17.8 Å². The molecule has 0 bridgehead atoms. The smallest absolute Gasteiger partial charge is 0.401 e. The third-order valence-electron chi connectivity index (χ3n) is 2.25. The number of imide groups is 1. The molecule has 0 aliphatic carbocycles. The molecule has 0 unspecified atom stereocenters. The third-order valence-corrected chi connectivity index (χ3v) is 3.16. The lowest BCUT2D eigenvalue weighted by Crippen LogP contribution is -2.27. The summed E-state index contributed by atoms with van der Waals surface area (Å²) < 4.78 is 4.89. The maximum atomic E-state index is 11.8. The van der Waals surface area contributed by atoms with Gasteiger partial charge in [0.05, 0.1) is 11.0 Å². The fraction of sp³-hybridized carbons (Fsp3) is 0.0909. The van der Waals surface area contributed by atoms with E-state index in [1.807, 2.05) is 0 Å². The molecule has 0 saturated carbocycles. The highest BCUT2D eigenvalue weighted by Gasteiger charge is 2.34. The van der Waals surface area contributed by atoms with E-state index in [9.17, 15) is 19.7 Å². The van der Waals surface area contributed by atoms with E-state index in [4.69, 9.17) is 4.42 Å². The first kappa shape index (κ1) is 13.1. The zero-order valence-electron chi connectivity index (χ0n) is 9.57. The molecule has 0 radical (unpaired) electrons. The predicted molar refractivity (Wildman–Crippen MR) is 68.2 cm³/mol. The normalized spacial score (nSPS) is 17.3. The number of nitrogens with zero attached hydrogens (tertiary/aromatic N) is 2. The number of amides is 2. The number of rotatable bonds is 4. The number of carbonyl (C=O) groups excluding carboxylic acids is 2. The summed E-state index contributed by atoms with van der Waals surface area (Å²) in [7, 11) is 0. The Morgan fingerprint density at radius 1 is 1.47 bits per heavy atom. The van der Waals surface area contributed by atoms with Crippen molar-refractivity contribution in [2.45, 2.75) is 0 Å². The van der Waals surface area contributed by atoms with Crippen molar-refractivity contribution >= 4 is 34.9 Å². The van der Waals surface area contributed by atoms with Gasteiger partial charge in [0, 0.05) is 12.6 Å². The van der Waals surface area contributed by atoms with Crippen LogP contribution in [-0.2, 0) is 4.79 Å². The lowest BCUT2D eigenvalue weighted by Gasteiger charge is -2.07. The topological polar surface area (TPSA) is 93.7 Å². The van der Waals surface area contributed by atoms with Crippen molar-refractivity contribution in [1.29, 1.82) is 0 Å². The van der Waals surface area contributed by atoms with Crippen molar-refractivity contribution in [3.05, 3.63) is 45.6 Å². The zero-order chi connectivity index (χ0) is 14.0. The van der Waals surface area contributed by atoms with Gasteiger partial charge in [0.1, 0.15) is 10.7 Å². The molecule has 1 aromatic rings. The Hall–Kier alpha value is -2.35. The summed E-state index contributed by atoms with van der Waals surface area (Å²) in [5.74, 6) is -0.735.